The smallest absolute Gasteiger partial charge is 0.227 e. The van der Waals surface area contributed by atoms with Gasteiger partial charge in [0.05, 0.1) is 11.5 Å². The number of hydrogen-bond acceptors (Lipinski definition) is 3. The zero-order valence-corrected chi connectivity index (χ0v) is 20.9. The van der Waals surface area contributed by atoms with Crippen LogP contribution in [0.2, 0.25) is 0 Å². The summed E-state index contributed by atoms with van der Waals surface area (Å²) in [5.41, 5.74) is 0.273. The van der Waals surface area contributed by atoms with E-state index in [2.05, 4.69) is 11.8 Å². The summed E-state index contributed by atoms with van der Waals surface area (Å²) in [6.07, 6.45) is 0.946. The highest BCUT2D eigenvalue weighted by Crippen LogP contribution is 2.43. The molecule has 2 saturated heterocycles. The molecule has 2 aromatic rings. The fourth-order valence-corrected chi connectivity index (χ4v) is 5.94. The lowest BCUT2D eigenvalue weighted by atomic mass is 9.70. The first-order chi connectivity index (χ1) is 15.8. The summed E-state index contributed by atoms with van der Waals surface area (Å²) in [5.74, 6) is -2.21. The van der Waals surface area contributed by atoms with Crippen LogP contribution < -0.4 is 0 Å². The quantitative estimate of drug-likeness (QED) is 0.651. The van der Waals surface area contributed by atoms with E-state index >= 15 is 0 Å². The van der Waals surface area contributed by atoms with Gasteiger partial charge in [0, 0.05) is 50.0 Å². The Morgan fingerprint density at radius 3 is 2.26 bits per heavy atom. The van der Waals surface area contributed by atoms with Gasteiger partial charge in [-0.05, 0) is 30.2 Å². The number of nitrogens with zero attached hydrogens (tertiary/aromatic N) is 2. The van der Waals surface area contributed by atoms with E-state index in [-0.39, 0.29) is 42.0 Å². The van der Waals surface area contributed by atoms with Gasteiger partial charge >= 0.3 is 0 Å². The molecule has 2 aliphatic heterocycles. The average Bonchev–Trinajstić information content (AvgIpc) is 3.21. The third-order valence-corrected chi connectivity index (χ3v) is 7.65. The maximum atomic E-state index is 14.7. The number of likely N-dealkylation sites (tertiary alicyclic amines) is 2. The normalized spacial score (nSPS) is 29.6. The molecular weight excluding hydrogens is 458 g/mol. The standard InChI is InChI=1S/C27H34F2N2O2.ClH/c1-4-12-30-16-23(22-11-10-21(28)13-25(22)29)24(17-30)26(32)31-14-18(2)27(33,19(3)15-31)20-8-6-5-7-9-20;/h5-11,13,18-19,23-24,33H,4,12,14-17H2,1-3H3;1H/t18?,19?,23-,24+,27?;/m0./s1. The third-order valence-electron chi connectivity index (χ3n) is 7.65. The zero-order chi connectivity index (χ0) is 23.8. The molecule has 2 aromatic carbocycles. The predicted octanol–water partition coefficient (Wildman–Crippen LogP) is 4.81. The van der Waals surface area contributed by atoms with Gasteiger partial charge in [0.1, 0.15) is 11.6 Å². The van der Waals surface area contributed by atoms with Gasteiger partial charge in [0.25, 0.3) is 0 Å². The molecule has 0 aromatic heterocycles. The van der Waals surface area contributed by atoms with E-state index in [1.54, 1.807) is 0 Å². The Hall–Kier alpha value is -2.02. The molecular formula is C27H35ClF2N2O2. The molecule has 34 heavy (non-hydrogen) atoms. The molecule has 2 fully saturated rings. The van der Waals surface area contributed by atoms with Crippen molar-refractivity contribution < 1.29 is 18.7 Å². The van der Waals surface area contributed by atoms with Gasteiger partial charge in [0.15, 0.2) is 0 Å². The topological polar surface area (TPSA) is 43.8 Å². The first-order valence-corrected chi connectivity index (χ1v) is 12.0. The Labute approximate surface area is 207 Å². The Balaban J connectivity index is 0.00000324. The molecule has 186 valence electrons. The molecule has 0 saturated carbocycles. The second kappa shape index (κ2) is 10.7. The van der Waals surface area contributed by atoms with Crippen molar-refractivity contribution in [2.45, 2.75) is 38.7 Å². The SMILES string of the molecule is CCCN1C[C@@H](C(=O)N2CC(C)C(O)(c3ccccc3)C(C)C2)[C@H](c2ccc(F)cc2F)C1.Cl. The number of benzene rings is 2. The van der Waals surface area contributed by atoms with Gasteiger partial charge in [-0.3, -0.25) is 4.79 Å². The summed E-state index contributed by atoms with van der Waals surface area (Å²) in [7, 11) is 0. The van der Waals surface area contributed by atoms with Crippen molar-refractivity contribution in [3.63, 3.8) is 0 Å². The number of amides is 1. The predicted molar refractivity (Wildman–Crippen MR) is 132 cm³/mol. The monoisotopic (exact) mass is 492 g/mol. The van der Waals surface area contributed by atoms with Crippen LogP contribution in [0.4, 0.5) is 8.78 Å². The van der Waals surface area contributed by atoms with Crippen LogP contribution in [0.5, 0.6) is 0 Å². The van der Waals surface area contributed by atoms with Crippen LogP contribution in [0, 0.1) is 29.4 Å². The van der Waals surface area contributed by atoms with Crippen LogP contribution in [-0.4, -0.2) is 53.5 Å². The molecule has 1 amide bonds. The molecule has 0 aliphatic carbocycles. The average molecular weight is 493 g/mol. The van der Waals surface area contributed by atoms with Crippen LogP contribution in [0.15, 0.2) is 48.5 Å². The largest absolute Gasteiger partial charge is 0.384 e. The van der Waals surface area contributed by atoms with E-state index in [1.807, 2.05) is 49.1 Å². The third kappa shape index (κ3) is 4.86. The van der Waals surface area contributed by atoms with Crippen LogP contribution in [0.1, 0.15) is 44.2 Å². The minimum absolute atomic E-state index is 0. The van der Waals surface area contributed by atoms with Gasteiger partial charge < -0.3 is 14.9 Å². The highest BCUT2D eigenvalue weighted by atomic mass is 35.5. The van der Waals surface area contributed by atoms with Crippen molar-refractivity contribution in [3.05, 3.63) is 71.3 Å². The minimum Gasteiger partial charge on any atom is -0.384 e. The summed E-state index contributed by atoms with van der Waals surface area (Å²) in [6.45, 7) is 8.92. The molecule has 7 heteroatoms. The highest BCUT2D eigenvalue weighted by Gasteiger charge is 2.49. The Kier molecular flexibility index (Phi) is 8.38. The second-order valence-corrected chi connectivity index (χ2v) is 9.88. The fourth-order valence-electron chi connectivity index (χ4n) is 5.94. The second-order valence-electron chi connectivity index (χ2n) is 9.88. The van der Waals surface area contributed by atoms with Crippen molar-refractivity contribution >= 4 is 18.3 Å². The van der Waals surface area contributed by atoms with E-state index < -0.39 is 17.2 Å². The first-order valence-electron chi connectivity index (χ1n) is 12.0. The first kappa shape index (κ1) is 26.6. The van der Waals surface area contributed by atoms with E-state index in [9.17, 15) is 18.7 Å². The van der Waals surface area contributed by atoms with Crippen molar-refractivity contribution in [3.8, 4) is 0 Å². The lowest BCUT2D eigenvalue weighted by Crippen LogP contribution is -2.57. The fraction of sp³-hybridized carbons (Fsp3) is 0.519. The maximum absolute atomic E-state index is 14.7. The lowest BCUT2D eigenvalue weighted by molar-refractivity contribution is -0.152. The number of halogens is 3. The zero-order valence-electron chi connectivity index (χ0n) is 20.1. The van der Waals surface area contributed by atoms with E-state index in [0.29, 0.717) is 31.7 Å². The van der Waals surface area contributed by atoms with Crippen molar-refractivity contribution in [2.75, 3.05) is 32.7 Å². The Bertz CT molecular complexity index is 978. The van der Waals surface area contributed by atoms with Gasteiger partial charge in [-0.1, -0.05) is 57.2 Å². The number of hydrogen-bond donors (Lipinski definition) is 1. The summed E-state index contributed by atoms with van der Waals surface area (Å²) in [4.78, 5) is 17.8. The highest BCUT2D eigenvalue weighted by molar-refractivity contribution is 5.85. The van der Waals surface area contributed by atoms with E-state index in [4.69, 9.17) is 0 Å². The minimum atomic E-state index is -1.01. The van der Waals surface area contributed by atoms with Gasteiger partial charge in [-0.2, -0.15) is 0 Å². The van der Waals surface area contributed by atoms with Crippen LogP contribution >= 0.6 is 12.4 Å². The number of carbonyl (C=O) groups is 1. The molecule has 0 bridgehead atoms. The summed E-state index contributed by atoms with van der Waals surface area (Å²) in [6, 6.07) is 13.3. The molecule has 4 atom stereocenters. The van der Waals surface area contributed by atoms with Gasteiger partial charge in [0.2, 0.25) is 5.91 Å². The van der Waals surface area contributed by atoms with Gasteiger partial charge in [-0.15, -0.1) is 12.4 Å². The summed E-state index contributed by atoms with van der Waals surface area (Å²) < 4.78 is 28.2. The number of rotatable bonds is 5. The summed E-state index contributed by atoms with van der Waals surface area (Å²) >= 11 is 0. The summed E-state index contributed by atoms with van der Waals surface area (Å²) in [5, 5.41) is 11.6. The van der Waals surface area contributed by atoms with Crippen LogP contribution in [-0.2, 0) is 10.4 Å². The molecule has 4 rings (SSSR count). The van der Waals surface area contributed by atoms with Crippen molar-refractivity contribution in [2.24, 2.45) is 17.8 Å². The molecule has 1 N–H and O–H groups in total. The Morgan fingerprint density at radius 2 is 1.68 bits per heavy atom. The van der Waals surface area contributed by atoms with Crippen LogP contribution in [0.25, 0.3) is 0 Å². The molecule has 0 spiro atoms. The van der Waals surface area contributed by atoms with E-state index in [0.717, 1.165) is 24.6 Å². The van der Waals surface area contributed by atoms with Crippen molar-refractivity contribution in [1.29, 1.82) is 0 Å². The van der Waals surface area contributed by atoms with Gasteiger partial charge in [-0.25, -0.2) is 8.78 Å². The van der Waals surface area contributed by atoms with E-state index in [1.165, 1.54) is 12.1 Å². The lowest BCUT2D eigenvalue weighted by Gasteiger charge is -2.48. The number of aliphatic hydroxyl groups is 1. The van der Waals surface area contributed by atoms with Crippen molar-refractivity contribution in [1.82, 2.24) is 9.80 Å². The molecule has 2 heterocycles. The van der Waals surface area contributed by atoms with Crippen LogP contribution in [0.3, 0.4) is 0 Å². The molecule has 0 radical (unpaired) electrons. The maximum Gasteiger partial charge on any atom is 0.227 e. The molecule has 2 unspecified atom stereocenters. The molecule has 4 nitrogen and oxygen atoms in total. The Morgan fingerprint density at radius 1 is 1.03 bits per heavy atom. The number of carbonyl (C=O) groups excluding carboxylic acids is 1. The molecule has 2 aliphatic rings. The number of piperidine rings is 1.